The lowest BCUT2D eigenvalue weighted by Gasteiger charge is -2.30. The van der Waals surface area contributed by atoms with E-state index in [1.54, 1.807) is 0 Å². The highest BCUT2D eigenvalue weighted by Crippen LogP contribution is 2.51. The second-order valence-electron chi connectivity index (χ2n) is 16.5. The quantitative estimate of drug-likeness (QED) is 0.163. The Balaban J connectivity index is 1.04. The summed E-state index contributed by atoms with van der Waals surface area (Å²) in [7, 11) is 0. The van der Waals surface area contributed by atoms with Gasteiger partial charge in [0.2, 0.25) is 0 Å². The molecule has 59 heavy (non-hydrogen) atoms. The van der Waals surface area contributed by atoms with Gasteiger partial charge in [-0.1, -0.05) is 153 Å². The molecule has 11 aromatic rings. The molecule has 0 saturated carbocycles. The fraction of sp³-hybridized carbons (Fsp3) is 0.0526. The second kappa shape index (κ2) is 12.8. The topological polar surface area (TPSA) is 16.4 Å². The van der Waals surface area contributed by atoms with Gasteiger partial charge in [0.25, 0.3) is 0 Å². The third kappa shape index (κ3) is 5.20. The molecule has 0 unspecified atom stereocenters. The third-order valence-electron chi connectivity index (χ3n) is 12.8. The van der Waals surface area contributed by atoms with Gasteiger partial charge in [-0.15, -0.1) is 0 Å². The first kappa shape index (κ1) is 33.7. The number of rotatable bonds is 5. The van der Waals surface area contributed by atoms with Crippen LogP contribution in [0.3, 0.4) is 0 Å². The summed E-state index contributed by atoms with van der Waals surface area (Å²) in [6.07, 6.45) is 0. The largest absolute Gasteiger partial charge is 0.456 e. The van der Waals surface area contributed by atoms with Gasteiger partial charge < -0.3 is 9.32 Å². The van der Waals surface area contributed by atoms with Gasteiger partial charge >= 0.3 is 0 Å². The van der Waals surface area contributed by atoms with Crippen LogP contribution in [0.1, 0.15) is 25.0 Å². The van der Waals surface area contributed by atoms with E-state index in [1.165, 1.54) is 65.7 Å². The molecule has 0 fully saturated rings. The van der Waals surface area contributed by atoms with Crippen molar-refractivity contribution in [3.63, 3.8) is 0 Å². The van der Waals surface area contributed by atoms with Gasteiger partial charge in [0.15, 0.2) is 0 Å². The number of anilines is 3. The Morgan fingerprint density at radius 2 is 0.966 bits per heavy atom. The summed E-state index contributed by atoms with van der Waals surface area (Å²) in [5.41, 5.74) is 15.1. The van der Waals surface area contributed by atoms with E-state index in [0.29, 0.717) is 0 Å². The van der Waals surface area contributed by atoms with Gasteiger partial charge in [0.05, 0.1) is 5.69 Å². The summed E-state index contributed by atoms with van der Waals surface area (Å²) >= 11 is 0. The van der Waals surface area contributed by atoms with Crippen LogP contribution in [0.4, 0.5) is 17.1 Å². The van der Waals surface area contributed by atoms with Crippen LogP contribution in [0.25, 0.3) is 87.6 Å². The minimum atomic E-state index is -0.133. The van der Waals surface area contributed by atoms with Gasteiger partial charge in [-0.2, -0.15) is 0 Å². The fourth-order valence-corrected chi connectivity index (χ4v) is 9.88. The van der Waals surface area contributed by atoms with Crippen LogP contribution in [-0.2, 0) is 5.41 Å². The molecule has 2 heteroatoms. The van der Waals surface area contributed by atoms with Crippen LogP contribution >= 0.6 is 0 Å². The number of hydrogen-bond acceptors (Lipinski definition) is 2. The van der Waals surface area contributed by atoms with E-state index >= 15 is 0 Å². The molecule has 2 nitrogen and oxygen atoms in total. The average Bonchev–Trinajstić information content (AvgIpc) is 3.75. The van der Waals surface area contributed by atoms with Crippen molar-refractivity contribution in [1.29, 1.82) is 0 Å². The molecule has 12 rings (SSSR count). The minimum absolute atomic E-state index is 0.133. The predicted molar refractivity (Wildman–Crippen MR) is 249 cm³/mol. The highest BCUT2D eigenvalue weighted by molar-refractivity contribution is 6.14. The van der Waals surface area contributed by atoms with E-state index < -0.39 is 0 Å². The summed E-state index contributed by atoms with van der Waals surface area (Å²) in [6, 6.07) is 73.4. The number of hydrogen-bond donors (Lipinski definition) is 0. The Hall–Kier alpha value is -7.42. The molecule has 1 aliphatic carbocycles. The van der Waals surface area contributed by atoms with Crippen molar-refractivity contribution in [3.8, 4) is 33.4 Å². The summed E-state index contributed by atoms with van der Waals surface area (Å²) < 4.78 is 6.44. The fourth-order valence-electron chi connectivity index (χ4n) is 9.88. The predicted octanol–water partition coefficient (Wildman–Crippen LogP) is 16.2. The molecule has 0 N–H and O–H groups in total. The second-order valence-corrected chi connectivity index (χ2v) is 16.5. The number of para-hydroxylation sites is 1. The van der Waals surface area contributed by atoms with Gasteiger partial charge in [-0.05, 0) is 132 Å². The molecule has 0 spiro atoms. The van der Waals surface area contributed by atoms with Crippen molar-refractivity contribution in [2.45, 2.75) is 19.3 Å². The average molecular weight is 754 g/mol. The summed E-state index contributed by atoms with van der Waals surface area (Å²) in [4.78, 5) is 2.45. The third-order valence-corrected chi connectivity index (χ3v) is 12.8. The maximum absolute atomic E-state index is 6.44. The van der Waals surface area contributed by atoms with Gasteiger partial charge in [0.1, 0.15) is 11.2 Å². The SMILES string of the molecule is CC1(C)c2ccccc2-c2ccc(N(c3ccc(-c4cc5ccccc5c5ccccc45)cc3)c3ccccc3-c3ccc4oc5cc6ccccc6cc5c4c3)cc21. The normalized spacial score (nSPS) is 13.1. The molecule has 10 aromatic carbocycles. The molecule has 1 aromatic heterocycles. The zero-order valence-electron chi connectivity index (χ0n) is 32.9. The van der Waals surface area contributed by atoms with Crippen molar-refractivity contribution < 1.29 is 4.42 Å². The van der Waals surface area contributed by atoms with Crippen LogP contribution in [0.5, 0.6) is 0 Å². The van der Waals surface area contributed by atoms with E-state index in [2.05, 4.69) is 219 Å². The monoisotopic (exact) mass is 753 g/mol. The maximum Gasteiger partial charge on any atom is 0.136 e. The Labute approximate surface area is 343 Å². The highest BCUT2D eigenvalue weighted by atomic mass is 16.3. The molecule has 1 heterocycles. The number of nitrogens with zero attached hydrogens (tertiary/aromatic N) is 1. The van der Waals surface area contributed by atoms with Crippen molar-refractivity contribution in [2.75, 3.05) is 4.90 Å². The lowest BCUT2D eigenvalue weighted by Crippen LogP contribution is -2.16. The van der Waals surface area contributed by atoms with E-state index in [9.17, 15) is 0 Å². The number of fused-ring (bicyclic) bond motifs is 10. The molecule has 0 aliphatic heterocycles. The molecule has 1 aliphatic rings. The van der Waals surface area contributed by atoms with Crippen LogP contribution in [0, 0.1) is 0 Å². The van der Waals surface area contributed by atoms with Crippen LogP contribution in [0.15, 0.2) is 205 Å². The summed E-state index contributed by atoms with van der Waals surface area (Å²) in [5.74, 6) is 0. The van der Waals surface area contributed by atoms with Crippen LogP contribution < -0.4 is 4.90 Å². The maximum atomic E-state index is 6.44. The number of benzene rings is 10. The van der Waals surface area contributed by atoms with E-state index in [0.717, 1.165) is 50.1 Å². The minimum Gasteiger partial charge on any atom is -0.456 e. The van der Waals surface area contributed by atoms with Crippen molar-refractivity contribution >= 4 is 71.3 Å². The summed E-state index contributed by atoms with van der Waals surface area (Å²) in [6.45, 7) is 4.71. The molecule has 0 bridgehead atoms. The highest BCUT2D eigenvalue weighted by Gasteiger charge is 2.36. The van der Waals surface area contributed by atoms with E-state index in [4.69, 9.17) is 4.42 Å². The molecule has 0 atom stereocenters. The molecule has 0 amide bonds. The first-order valence-electron chi connectivity index (χ1n) is 20.5. The molecule has 278 valence electrons. The van der Waals surface area contributed by atoms with Gasteiger partial charge in [0, 0.05) is 33.1 Å². The Bertz CT molecular complexity index is 3480. The van der Waals surface area contributed by atoms with Crippen molar-refractivity contribution in [3.05, 3.63) is 211 Å². The Morgan fingerprint density at radius 1 is 0.356 bits per heavy atom. The zero-order chi connectivity index (χ0) is 39.2. The van der Waals surface area contributed by atoms with Crippen LogP contribution in [-0.4, -0.2) is 0 Å². The van der Waals surface area contributed by atoms with Gasteiger partial charge in [-0.25, -0.2) is 0 Å². The lowest BCUT2D eigenvalue weighted by molar-refractivity contribution is 0.660. The lowest BCUT2D eigenvalue weighted by atomic mass is 9.82. The van der Waals surface area contributed by atoms with Crippen LogP contribution in [0.2, 0.25) is 0 Å². The molecular weight excluding hydrogens is 715 g/mol. The molecule has 0 saturated heterocycles. The number of furan rings is 1. The Kier molecular flexibility index (Phi) is 7.31. The standard InChI is InChI=1S/C57H39NO/c1-57(2)52-21-11-9-20-47(52)48-29-28-42(35-53(48)57)58(41-26-23-36(24-27-41)49-32-39-15-5-6-16-43(39)45-18-7-8-19-46(45)49)54-22-12-10-17-44(54)40-25-30-55-50(33-40)51-31-37-13-3-4-14-38(37)34-56(51)59-55/h3-35H,1-2H3. The first-order valence-corrected chi connectivity index (χ1v) is 20.5. The zero-order valence-corrected chi connectivity index (χ0v) is 32.9. The smallest absolute Gasteiger partial charge is 0.136 e. The first-order chi connectivity index (χ1) is 29.0. The van der Waals surface area contributed by atoms with E-state index in [-0.39, 0.29) is 5.41 Å². The Morgan fingerprint density at radius 3 is 1.80 bits per heavy atom. The van der Waals surface area contributed by atoms with Gasteiger partial charge in [-0.3, -0.25) is 0 Å². The molecule has 0 radical (unpaired) electrons. The van der Waals surface area contributed by atoms with E-state index in [1.807, 2.05) is 0 Å². The molecular formula is C57H39NO. The van der Waals surface area contributed by atoms with Crippen molar-refractivity contribution in [1.82, 2.24) is 0 Å². The van der Waals surface area contributed by atoms with Crippen molar-refractivity contribution in [2.24, 2.45) is 0 Å². The summed E-state index contributed by atoms with van der Waals surface area (Å²) in [5, 5.41) is 9.71.